The summed E-state index contributed by atoms with van der Waals surface area (Å²) in [6.45, 7) is -0.445. The number of aliphatic hydroxyl groups is 2. The van der Waals surface area contributed by atoms with E-state index in [-0.39, 0.29) is 24.5 Å². The summed E-state index contributed by atoms with van der Waals surface area (Å²) in [5.41, 5.74) is 1.05. The number of ether oxygens (including phenoxy) is 2. The van der Waals surface area contributed by atoms with E-state index in [4.69, 9.17) is 4.74 Å². The van der Waals surface area contributed by atoms with Crippen LogP contribution in [0.5, 0.6) is 5.75 Å². The van der Waals surface area contributed by atoms with Crippen LogP contribution in [-0.4, -0.2) is 60.1 Å². The molecule has 0 aromatic heterocycles. The number of hydrogen-bond acceptors (Lipinski definition) is 7. The summed E-state index contributed by atoms with van der Waals surface area (Å²) in [4.78, 5) is 38.2. The highest BCUT2D eigenvalue weighted by molar-refractivity contribution is 6.46. The van der Waals surface area contributed by atoms with Gasteiger partial charge in [-0.05, 0) is 42.0 Å². The van der Waals surface area contributed by atoms with E-state index in [1.54, 1.807) is 36.4 Å². The lowest BCUT2D eigenvalue weighted by Crippen LogP contribution is -2.32. The molecule has 156 valence electrons. The maximum absolute atomic E-state index is 12.7. The summed E-state index contributed by atoms with van der Waals surface area (Å²) in [6.07, 6.45) is 0. The van der Waals surface area contributed by atoms with Crippen LogP contribution in [0.15, 0.2) is 54.1 Å². The van der Waals surface area contributed by atoms with E-state index in [9.17, 15) is 24.6 Å². The largest absolute Gasteiger partial charge is 0.507 e. The molecule has 1 amide bonds. The van der Waals surface area contributed by atoms with Crippen LogP contribution in [-0.2, 0) is 14.3 Å². The summed E-state index contributed by atoms with van der Waals surface area (Å²) in [7, 11) is 2.77. The normalized spacial score (nSPS) is 17.8. The van der Waals surface area contributed by atoms with Crippen LogP contribution in [0.3, 0.4) is 0 Å². The third kappa shape index (κ3) is 3.77. The van der Waals surface area contributed by atoms with Gasteiger partial charge >= 0.3 is 5.97 Å². The molecular formula is C22H21NO7. The number of hydrogen-bond donors (Lipinski definition) is 2. The second-order valence-electron chi connectivity index (χ2n) is 6.56. The Morgan fingerprint density at radius 3 is 2.13 bits per heavy atom. The number of benzene rings is 2. The van der Waals surface area contributed by atoms with Crippen LogP contribution < -0.4 is 4.74 Å². The Kier molecular flexibility index (Phi) is 6.17. The van der Waals surface area contributed by atoms with E-state index < -0.39 is 23.7 Å². The highest BCUT2D eigenvalue weighted by Gasteiger charge is 2.45. The number of nitrogens with zero attached hydrogens (tertiary/aromatic N) is 1. The van der Waals surface area contributed by atoms with E-state index >= 15 is 0 Å². The van der Waals surface area contributed by atoms with E-state index in [0.29, 0.717) is 22.4 Å². The molecule has 0 radical (unpaired) electrons. The number of carbonyl (C=O) groups is 3. The van der Waals surface area contributed by atoms with Gasteiger partial charge in [0.05, 0.1) is 38.0 Å². The zero-order chi connectivity index (χ0) is 21.8. The molecule has 30 heavy (non-hydrogen) atoms. The number of ketones is 1. The molecule has 1 aliphatic heterocycles. The van der Waals surface area contributed by atoms with Crippen molar-refractivity contribution < 1.29 is 34.1 Å². The van der Waals surface area contributed by atoms with Gasteiger partial charge in [-0.3, -0.25) is 9.59 Å². The van der Waals surface area contributed by atoms with E-state index in [1.807, 2.05) is 0 Å². The van der Waals surface area contributed by atoms with Crippen LogP contribution in [0.4, 0.5) is 0 Å². The highest BCUT2D eigenvalue weighted by Crippen LogP contribution is 2.39. The van der Waals surface area contributed by atoms with Gasteiger partial charge in [0.25, 0.3) is 11.7 Å². The average molecular weight is 411 g/mol. The van der Waals surface area contributed by atoms with E-state index in [0.717, 1.165) is 0 Å². The van der Waals surface area contributed by atoms with Crippen molar-refractivity contribution in [2.24, 2.45) is 0 Å². The topological polar surface area (TPSA) is 113 Å². The molecule has 0 unspecified atom stereocenters. The van der Waals surface area contributed by atoms with E-state index in [2.05, 4.69) is 4.74 Å². The number of Topliss-reactive ketones (excluding diaryl/α,β-unsaturated/α-hetero) is 1. The predicted molar refractivity (Wildman–Crippen MR) is 107 cm³/mol. The first-order chi connectivity index (χ1) is 14.4. The summed E-state index contributed by atoms with van der Waals surface area (Å²) >= 11 is 0. The molecule has 8 heteroatoms. The molecule has 0 bridgehead atoms. The number of aliphatic hydroxyl groups excluding tert-OH is 2. The second kappa shape index (κ2) is 8.79. The SMILES string of the molecule is COC(=O)c1ccc([C@@H]2/C(=C(\O)c3ccc(OC)cc3)C(=O)C(=O)N2CCO)cc1. The van der Waals surface area contributed by atoms with Crippen molar-refractivity contribution in [3.63, 3.8) is 0 Å². The lowest BCUT2D eigenvalue weighted by Gasteiger charge is -2.24. The molecule has 3 rings (SSSR count). The molecule has 1 aliphatic rings. The Morgan fingerprint density at radius 1 is 1.00 bits per heavy atom. The fraction of sp³-hybridized carbons (Fsp3) is 0.227. The first-order valence-electron chi connectivity index (χ1n) is 9.15. The van der Waals surface area contributed by atoms with Gasteiger partial charge in [0.1, 0.15) is 11.5 Å². The van der Waals surface area contributed by atoms with Gasteiger partial charge in [0.2, 0.25) is 0 Å². The Hall–Kier alpha value is -3.65. The average Bonchev–Trinajstić information content (AvgIpc) is 3.03. The maximum Gasteiger partial charge on any atom is 0.337 e. The molecule has 8 nitrogen and oxygen atoms in total. The van der Waals surface area contributed by atoms with Crippen LogP contribution in [0, 0.1) is 0 Å². The highest BCUT2D eigenvalue weighted by atomic mass is 16.5. The van der Waals surface area contributed by atoms with Crippen molar-refractivity contribution >= 4 is 23.4 Å². The summed E-state index contributed by atoms with van der Waals surface area (Å²) in [6, 6.07) is 11.7. The zero-order valence-electron chi connectivity index (χ0n) is 16.5. The van der Waals surface area contributed by atoms with Gasteiger partial charge in [-0.15, -0.1) is 0 Å². The van der Waals surface area contributed by atoms with Crippen LogP contribution in [0.2, 0.25) is 0 Å². The minimum Gasteiger partial charge on any atom is -0.507 e. The Labute approximate surface area is 173 Å². The van der Waals surface area contributed by atoms with Crippen molar-refractivity contribution in [1.29, 1.82) is 0 Å². The zero-order valence-corrected chi connectivity index (χ0v) is 16.5. The summed E-state index contributed by atoms with van der Waals surface area (Å²) < 4.78 is 9.78. The predicted octanol–water partition coefficient (Wildman–Crippen LogP) is 1.90. The van der Waals surface area contributed by atoms with Crippen molar-refractivity contribution in [3.05, 3.63) is 70.8 Å². The smallest absolute Gasteiger partial charge is 0.337 e. The molecule has 0 aliphatic carbocycles. The van der Waals surface area contributed by atoms with Gasteiger partial charge in [0, 0.05) is 12.1 Å². The number of carbonyl (C=O) groups excluding carboxylic acids is 3. The quantitative estimate of drug-likeness (QED) is 0.323. The van der Waals surface area contributed by atoms with Crippen molar-refractivity contribution in [2.45, 2.75) is 6.04 Å². The first-order valence-corrected chi connectivity index (χ1v) is 9.15. The number of methoxy groups -OCH3 is 2. The lowest BCUT2D eigenvalue weighted by atomic mass is 9.94. The van der Waals surface area contributed by atoms with Gasteiger partial charge < -0.3 is 24.6 Å². The molecule has 0 saturated carbocycles. The van der Waals surface area contributed by atoms with Gasteiger partial charge in [-0.25, -0.2) is 4.79 Å². The third-order valence-corrected chi connectivity index (χ3v) is 4.89. The molecule has 0 spiro atoms. The maximum atomic E-state index is 12.7. The molecule has 2 N–H and O–H groups in total. The fourth-order valence-corrected chi connectivity index (χ4v) is 3.39. The molecule has 1 saturated heterocycles. The molecule has 1 fully saturated rings. The fourth-order valence-electron chi connectivity index (χ4n) is 3.39. The van der Waals surface area contributed by atoms with Crippen LogP contribution in [0.25, 0.3) is 5.76 Å². The Balaban J connectivity index is 2.11. The van der Waals surface area contributed by atoms with Gasteiger partial charge in [0.15, 0.2) is 0 Å². The Bertz CT molecular complexity index is 993. The number of esters is 1. The standard InChI is InChI=1S/C22H21NO7/c1-29-16-9-7-14(8-10-16)19(25)17-18(23(11-12-24)21(27)20(17)26)13-3-5-15(6-4-13)22(28)30-2/h3-10,18,24-25H,11-12H2,1-2H3/b19-17+/t18-/m1/s1. The van der Waals surface area contributed by atoms with Crippen LogP contribution in [0.1, 0.15) is 27.5 Å². The number of amides is 1. The van der Waals surface area contributed by atoms with Gasteiger partial charge in [-0.1, -0.05) is 12.1 Å². The minimum absolute atomic E-state index is 0.0899. The second-order valence-corrected chi connectivity index (χ2v) is 6.56. The van der Waals surface area contributed by atoms with Crippen molar-refractivity contribution in [1.82, 2.24) is 4.90 Å². The van der Waals surface area contributed by atoms with Crippen molar-refractivity contribution in [2.75, 3.05) is 27.4 Å². The number of β-amino-alcohol motifs (C(OH)–C–C–N with tert-alkyl or cyclic N) is 1. The number of rotatable bonds is 6. The molecular weight excluding hydrogens is 390 g/mol. The molecule has 2 aromatic rings. The monoisotopic (exact) mass is 411 g/mol. The Morgan fingerprint density at radius 2 is 1.60 bits per heavy atom. The van der Waals surface area contributed by atoms with Gasteiger partial charge in [-0.2, -0.15) is 0 Å². The lowest BCUT2D eigenvalue weighted by molar-refractivity contribution is -0.140. The summed E-state index contributed by atoms with van der Waals surface area (Å²) in [5.74, 6) is -1.95. The van der Waals surface area contributed by atoms with Crippen LogP contribution >= 0.6 is 0 Å². The number of likely N-dealkylation sites (tertiary alicyclic amines) is 1. The van der Waals surface area contributed by atoms with Crippen molar-refractivity contribution in [3.8, 4) is 5.75 Å². The third-order valence-electron chi connectivity index (χ3n) is 4.89. The first kappa shape index (κ1) is 21.1. The van der Waals surface area contributed by atoms with E-state index in [1.165, 1.54) is 31.3 Å². The summed E-state index contributed by atoms with van der Waals surface area (Å²) in [5, 5.41) is 20.3. The molecule has 1 atom stereocenters. The molecule has 2 aromatic carbocycles. The molecule has 1 heterocycles. The minimum atomic E-state index is -0.911.